The van der Waals surface area contributed by atoms with Gasteiger partial charge in [-0.1, -0.05) is 19.1 Å². The molecule has 27 heavy (non-hydrogen) atoms. The van der Waals surface area contributed by atoms with Gasteiger partial charge in [-0.15, -0.1) is 0 Å². The highest BCUT2D eigenvalue weighted by Gasteiger charge is 2.14. The number of carbonyl (C=O) groups is 1. The Labute approximate surface area is 165 Å². The van der Waals surface area contributed by atoms with E-state index >= 15 is 0 Å². The molecule has 0 aliphatic rings. The predicted molar refractivity (Wildman–Crippen MR) is 111 cm³/mol. The zero-order chi connectivity index (χ0) is 19.6. The zero-order valence-corrected chi connectivity index (χ0v) is 16.6. The summed E-state index contributed by atoms with van der Waals surface area (Å²) in [6.07, 6.45) is 0.285. The summed E-state index contributed by atoms with van der Waals surface area (Å²) in [7, 11) is 0. The first-order valence-electron chi connectivity index (χ1n) is 8.87. The largest absolute Gasteiger partial charge is 0.494 e. The molecule has 0 bridgehead atoms. The normalized spacial score (nSPS) is 11.2. The first-order chi connectivity index (χ1) is 13.0. The first-order valence-corrected chi connectivity index (χ1v) is 9.28. The van der Waals surface area contributed by atoms with Crippen molar-refractivity contribution in [3.63, 3.8) is 0 Å². The minimum absolute atomic E-state index is 0.292. The molecule has 7 heteroatoms. The molecule has 1 amide bonds. The number of hydrogen-bond acceptors (Lipinski definition) is 4. The zero-order valence-electron chi connectivity index (χ0n) is 15.7. The average molecular weight is 388 g/mol. The minimum Gasteiger partial charge on any atom is -0.494 e. The lowest BCUT2D eigenvalue weighted by Gasteiger charge is -2.17. The number of carbonyl (C=O) groups excluding carboxylic acids is 1. The summed E-state index contributed by atoms with van der Waals surface area (Å²) < 4.78 is 11.0. The molecule has 0 heterocycles. The van der Waals surface area contributed by atoms with Gasteiger partial charge in [-0.3, -0.25) is 15.6 Å². The maximum Gasteiger partial charge on any atom is 0.279 e. The topological polar surface area (TPSA) is 71.6 Å². The lowest BCUT2D eigenvalue weighted by Crippen LogP contribution is -2.48. The molecule has 0 radical (unpaired) electrons. The van der Waals surface area contributed by atoms with Crippen molar-refractivity contribution >= 4 is 28.9 Å². The third-order valence-electron chi connectivity index (χ3n) is 3.74. The van der Waals surface area contributed by atoms with E-state index in [2.05, 4.69) is 23.1 Å². The Morgan fingerprint density at radius 1 is 1.00 bits per heavy atom. The van der Waals surface area contributed by atoms with E-state index in [0.717, 1.165) is 17.9 Å². The first kappa shape index (κ1) is 20.5. The van der Waals surface area contributed by atoms with E-state index in [-0.39, 0.29) is 5.91 Å². The van der Waals surface area contributed by atoms with Gasteiger partial charge < -0.3 is 14.8 Å². The van der Waals surface area contributed by atoms with Crippen molar-refractivity contribution < 1.29 is 14.3 Å². The summed E-state index contributed by atoms with van der Waals surface area (Å²) >= 11 is 5.18. The van der Waals surface area contributed by atoms with Crippen LogP contribution in [0.2, 0.25) is 0 Å². The van der Waals surface area contributed by atoms with E-state index in [1.54, 1.807) is 31.2 Å². The molecule has 0 saturated carbocycles. The summed E-state index contributed by atoms with van der Waals surface area (Å²) in [6, 6.07) is 15.0. The second kappa shape index (κ2) is 10.4. The van der Waals surface area contributed by atoms with Crippen LogP contribution in [-0.2, 0) is 11.2 Å². The molecule has 2 aromatic rings. The SMILES string of the molecule is CCOc1ccc(O[C@@H](C)C(=O)NNC(=S)Nc2ccc(CC)cc2)cc1. The van der Waals surface area contributed by atoms with E-state index in [1.807, 2.05) is 31.2 Å². The van der Waals surface area contributed by atoms with Gasteiger partial charge in [0, 0.05) is 5.69 Å². The smallest absolute Gasteiger partial charge is 0.279 e. The Kier molecular flexibility index (Phi) is 7.88. The van der Waals surface area contributed by atoms with Gasteiger partial charge in [-0.2, -0.15) is 0 Å². The Hall–Kier alpha value is -2.80. The van der Waals surface area contributed by atoms with Gasteiger partial charge in [-0.25, -0.2) is 0 Å². The van der Waals surface area contributed by atoms with Gasteiger partial charge in [0.25, 0.3) is 5.91 Å². The van der Waals surface area contributed by atoms with Crippen molar-refractivity contribution in [1.29, 1.82) is 0 Å². The van der Waals surface area contributed by atoms with Crippen molar-refractivity contribution in [1.82, 2.24) is 10.9 Å². The standard InChI is InChI=1S/C20H25N3O3S/c1-4-15-6-8-16(9-7-15)21-20(27)23-22-19(24)14(3)26-18-12-10-17(11-13-18)25-5-2/h6-14H,4-5H2,1-3H3,(H,22,24)(H2,21,23,27)/t14-/m0/s1. The summed E-state index contributed by atoms with van der Waals surface area (Å²) in [4.78, 5) is 12.1. The van der Waals surface area contributed by atoms with E-state index in [9.17, 15) is 4.79 Å². The number of hydrogen-bond donors (Lipinski definition) is 3. The Morgan fingerprint density at radius 3 is 2.22 bits per heavy atom. The fourth-order valence-corrected chi connectivity index (χ4v) is 2.41. The van der Waals surface area contributed by atoms with Crippen molar-refractivity contribution in [3.8, 4) is 11.5 Å². The monoisotopic (exact) mass is 387 g/mol. The summed E-state index contributed by atoms with van der Waals surface area (Å²) in [6.45, 7) is 6.28. The van der Waals surface area contributed by atoms with Crippen molar-refractivity contribution in [2.45, 2.75) is 33.3 Å². The lowest BCUT2D eigenvalue weighted by molar-refractivity contribution is -0.127. The number of hydrazine groups is 1. The molecule has 0 fully saturated rings. The fourth-order valence-electron chi connectivity index (χ4n) is 2.24. The van der Waals surface area contributed by atoms with Crippen LogP contribution in [0, 0.1) is 0 Å². The Morgan fingerprint density at radius 2 is 1.63 bits per heavy atom. The van der Waals surface area contributed by atoms with Crippen LogP contribution >= 0.6 is 12.2 Å². The van der Waals surface area contributed by atoms with Gasteiger partial charge in [0.05, 0.1) is 6.61 Å². The number of anilines is 1. The van der Waals surface area contributed by atoms with E-state index < -0.39 is 6.10 Å². The third kappa shape index (κ3) is 6.79. The highest BCUT2D eigenvalue weighted by molar-refractivity contribution is 7.80. The maximum absolute atomic E-state index is 12.1. The number of amides is 1. The molecule has 0 saturated heterocycles. The van der Waals surface area contributed by atoms with Crippen LogP contribution in [-0.4, -0.2) is 23.7 Å². The fraction of sp³-hybridized carbons (Fsp3) is 0.300. The quantitative estimate of drug-likeness (QED) is 0.499. The molecule has 1 atom stereocenters. The molecule has 2 aromatic carbocycles. The number of aryl methyl sites for hydroxylation is 1. The van der Waals surface area contributed by atoms with Gasteiger partial charge in [0.15, 0.2) is 11.2 Å². The molecule has 0 aliphatic carbocycles. The minimum atomic E-state index is -0.693. The summed E-state index contributed by atoms with van der Waals surface area (Å²) in [5.41, 5.74) is 7.30. The summed E-state index contributed by atoms with van der Waals surface area (Å²) in [5.74, 6) is 0.999. The van der Waals surface area contributed by atoms with Gasteiger partial charge in [0.2, 0.25) is 0 Å². The molecule has 0 aromatic heterocycles. The van der Waals surface area contributed by atoms with Crippen LogP contribution in [0.15, 0.2) is 48.5 Å². The number of rotatable bonds is 7. The molecule has 144 valence electrons. The molecule has 0 aliphatic heterocycles. The molecule has 0 spiro atoms. The van der Waals surface area contributed by atoms with E-state index in [4.69, 9.17) is 21.7 Å². The van der Waals surface area contributed by atoms with Crippen LogP contribution in [0.4, 0.5) is 5.69 Å². The number of thiocarbonyl (C=S) groups is 1. The molecule has 2 rings (SSSR count). The van der Waals surface area contributed by atoms with Crippen molar-refractivity contribution in [2.24, 2.45) is 0 Å². The highest BCUT2D eigenvalue weighted by Crippen LogP contribution is 2.18. The average Bonchev–Trinajstić information content (AvgIpc) is 2.68. The van der Waals surface area contributed by atoms with Gasteiger partial charge in [0.1, 0.15) is 11.5 Å². The predicted octanol–water partition coefficient (Wildman–Crippen LogP) is 3.43. The Balaban J connectivity index is 1.77. The molecule has 0 unspecified atom stereocenters. The lowest BCUT2D eigenvalue weighted by atomic mass is 10.1. The number of benzene rings is 2. The Bertz CT molecular complexity index is 748. The molecular weight excluding hydrogens is 362 g/mol. The van der Waals surface area contributed by atoms with Crippen LogP contribution in [0.25, 0.3) is 0 Å². The molecule has 3 N–H and O–H groups in total. The second-order valence-electron chi connectivity index (χ2n) is 5.78. The third-order valence-corrected chi connectivity index (χ3v) is 3.94. The number of ether oxygens (including phenoxy) is 2. The van der Waals surface area contributed by atoms with Crippen LogP contribution in [0.5, 0.6) is 11.5 Å². The van der Waals surface area contributed by atoms with Crippen LogP contribution in [0.3, 0.4) is 0 Å². The van der Waals surface area contributed by atoms with Crippen LogP contribution < -0.4 is 25.6 Å². The second-order valence-corrected chi connectivity index (χ2v) is 6.19. The molecular formula is C20H25N3O3S. The van der Waals surface area contributed by atoms with Crippen molar-refractivity contribution in [2.75, 3.05) is 11.9 Å². The van der Waals surface area contributed by atoms with Gasteiger partial charge >= 0.3 is 0 Å². The van der Waals surface area contributed by atoms with E-state index in [0.29, 0.717) is 17.5 Å². The van der Waals surface area contributed by atoms with Crippen molar-refractivity contribution in [3.05, 3.63) is 54.1 Å². The van der Waals surface area contributed by atoms with Crippen LogP contribution in [0.1, 0.15) is 26.3 Å². The molecule has 6 nitrogen and oxygen atoms in total. The van der Waals surface area contributed by atoms with Gasteiger partial charge in [-0.05, 0) is 74.4 Å². The maximum atomic E-state index is 12.1. The highest BCUT2D eigenvalue weighted by atomic mass is 32.1. The summed E-state index contributed by atoms with van der Waals surface area (Å²) in [5, 5.41) is 3.30. The van der Waals surface area contributed by atoms with E-state index in [1.165, 1.54) is 5.56 Å². The number of nitrogens with one attached hydrogen (secondary N) is 3.